The van der Waals surface area contributed by atoms with Crippen molar-refractivity contribution in [3.05, 3.63) is 0 Å². The van der Waals surface area contributed by atoms with E-state index in [0.29, 0.717) is 0 Å². The molecule has 0 spiro atoms. The summed E-state index contributed by atoms with van der Waals surface area (Å²) in [7, 11) is 0. The van der Waals surface area contributed by atoms with Gasteiger partial charge >= 0.3 is 0 Å². The molecule has 0 aromatic heterocycles. The first-order chi connectivity index (χ1) is 7.94. The zero-order chi connectivity index (χ0) is 13.5. The normalized spacial score (nSPS) is 20.6. The monoisotopic (exact) mass is 252 g/mol. The Morgan fingerprint density at radius 2 is 1.00 bits per heavy atom. The molecule has 0 fully saturated rings. The first-order valence-corrected chi connectivity index (χ1v) is 5.84. The second-order valence-electron chi connectivity index (χ2n) is 3.79. The van der Waals surface area contributed by atoms with Gasteiger partial charge in [0.25, 0.3) is 0 Å². The van der Waals surface area contributed by atoms with Crippen LogP contribution in [0.2, 0.25) is 0 Å². The van der Waals surface area contributed by atoms with Crippen molar-refractivity contribution in [1.82, 2.24) is 0 Å². The number of aliphatic hydroxyl groups excluding tert-OH is 3. The average Bonchev–Trinajstić information content (AvgIpc) is 2.28. The van der Waals surface area contributed by atoms with Gasteiger partial charge in [0.2, 0.25) is 0 Å². The largest absolute Gasteiger partial charge is 0.367 e. The average molecular weight is 252 g/mol. The summed E-state index contributed by atoms with van der Waals surface area (Å²) in [5.41, 5.74) is -1.47. The van der Waals surface area contributed by atoms with Gasteiger partial charge in [0, 0.05) is 19.8 Å². The molecule has 0 bridgehead atoms. The van der Waals surface area contributed by atoms with E-state index in [4.69, 9.17) is 14.2 Å². The Hall–Kier alpha value is -0.240. The van der Waals surface area contributed by atoms with Crippen LogP contribution in [0.25, 0.3) is 0 Å². The number of ether oxygens (including phenoxy) is 3. The lowest BCUT2D eigenvalue weighted by Gasteiger charge is -2.40. The minimum atomic E-state index is -1.47. The maximum Gasteiger partial charge on any atom is 0.169 e. The van der Waals surface area contributed by atoms with E-state index in [1.807, 2.05) is 0 Å². The van der Waals surface area contributed by atoms with Gasteiger partial charge in [0.15, 0.2) is 18.9 Å². The van der Waals surface area contributed by atoms with Gasteiger partial charge in [-0.1, -0.05) is 0 Å². The van der Waals surface area contributed by atoms with Crippen LogP contribution in [-0.4, -0.2) is 54.0 Å². The Bertz CT molecular complexity index is 167. The van der Waals surface area contributed by atoms with Crippen molar-refractivity contribution >= 4 is 0 Å². The number of hydrogen-bond acceptors (Lipinski definition) is 6. The van der Waals surface area contributed by atoms with Crippen LogP contribution in [0.3, 0.4) is 0 Å². The minimum Gasteiger partial charge on any atom is -0.367 e. The van der Waals surface area contributed by atoms with E-state index >= 15 is 0 Å². The van der Waals surface area contributed by atoms with Gasteiger partial charge in [-0.3, -0.25) is 0 Å². The van der Waals surface area contributed by atoms with Crippen molar-refractivity contribution in [1.29, 1.82) is 0 Å². The van der Waals surface area contributed by atoms with Crippen molar-refractivity contribution in [2.45, 2.75) is 46.6 Å². The summed E-state index contributed by atoms with van der Waals surface area (Å²) in [5.74, 6) is 0. The van der Waals surface area contributed by atoms with Gasteiger partial charge in [0.05, 0.1) is 0 Å². The van der Waals surface area contributed by atoms with Crippen LogP contribution in [-0.2, 0) is 14.2 Å². The van der Waals surface area contributed by atoms with Crippen molar-refractivity contribution < 1.29 is 29.5 Å². The predicted molar refractivity (Wildman–Crippen MR) is 61.0 cm³/mol. The van der Waals surface area contributed by atoms with E-state index in [1.165, 1.54) is 6.92 Å². The molecule has 0 radical (unpaired) electrons. The summed E-state index contributed by atoms with van der Waals surface area (Å²) in [5, 5.41) is 29.6. The van der Waals surface area contributed by atoms with E-state index in [1.54, 1.807) is 20.8 Å². The molecule has 6 nitrogen and oxygen atoms in total. The van der Waals surface area contributed by atoms with Gasteiger partial charge in [-0.25, -0.2) is 0 Å². The molecule has 0 heterocycles. The second-order valence-corrected chi connectivity index (χ2v) is 3.79. The van der Waals surface area contributed by atoms with Gasteiger partial charge in [0.1, 0.15) is 5.41 Å². The molecular formula is C11H24O6. The van der Waals surface area contributed by atoms with Crippen LogP contribution >= 0.6 is 0 Å². The predicted octanol–water partition coefficient (Wildman–Crippen LogP) is 0.0574. The maximum atomic E-state index is 9.86. The van der Waals surface area contributed by atoms with E-state index < -0.39 is 24.3 Å². The van der Waals surface area contributed by atoms with E-state index in [2.05, 4.69) is 0 Å². The molecule has 0 saturated heterocycles. The highest BCUT2D eigenvalue weighted by molar-refractivity contribution is 4.83. The van der Waals surface area contributed by atoms with Crippen LogP contribution in [0.4, 0.5) is 0 Å². The van der Waals surface area contributed by atoms with E-state index in [-0.39, 0.29) is 19.8 Å². The highest BCUT2D eigenvalue weighted by atomic mass is 16.7. The quantitative estimate of drug-likeness (QED) is 0.503. The molecule has 104 valence electrons. The Balaban J connectivity index is 4.90. The Morgan fingerprint density at radius 3 is 1.18 bits per heavy atom. The lowest BCUT2D eigenvalue weighted by atomic mass is 9.87. The molecule has 3 N–H and O–H groups in total. The zero-order valence-corrected chi connectivity index (χ0v) is 10.9. The maximum absolute atomic E-state index is 9.86. The molecule has 6 heteroatoms. The van der Waals surface area contributed by atoms with Gasteiger partial charge < -0.3 is 29.5 Å². The smallest absolute Gasteiger partial charge is 0.169 e. The standard InChI is InChI=1S/C11H24O6/c1-5-15-8(12)11(4,9(13)16-6-2)10(14)17-7-3/h8-10,12-14H,5-7H2,1-4H3. The summed E-state index contributed by atoms with van der Waals surface area (Å²) < 4.78 is 15.1. The van der Waals surface area contributed by atoms with Crippen molar-refractivity contribution in [2.75, 3.05) is 19.8 Å². The van der Waals surface area contributed by atoms with Gasteiger partial charge in [-0.05, 0) is 27.7 Å². The fourth-order valence-electron chi connectivity index (χ4n) is 1.38. The SMILES string of the molecule is CCOC(O)C(C)(C(O)OCC)C(O)OCC. The molecule has 0 saturated carbocycles. The molecule has 0 aromatic carbocycles. The Labute approximate surface area is 102 Å². The fraction of sp³-hybridized carbons (Fsp3) is 1.00. The first-order valence-electron chi connectivity index (χ1n) is 5.84. The van der Waals surface area contributed by atoms with Crippen LogP contribution in [0.15, 0.2) is 0 Å². The molecular weight excluding hydrogens is 228 g/mol. The summed E-state index contributed by atoms with van der Waals surface area (Å²) in [6, 6.07) is 0. The molecule has 3 atom stereocenters. The number of hydrogen-bond donors (Lipinski definition) is 3. The first kappa shape index (κ1) is 16.8. The lowest BCUT2D eigenvalue weighted by molar-refractivity contribution is -0.329. The summed E-state index contributed by atoms with van der Waals surface area (Å²) in [4.78, 5) is 0. The van der Waals surface area contributed by atoms with Crippen molar-refractivity contribution in [2.24, 2.45) is 5.41 Å². The third-order valence-electron chi connectivity index (χ3n) is 2.57. The fourth-order valence-corrected chi connectivity index (χ4v) is 1.38. The van der Waals surface area contributed by atoms with Crippen molar-refractivity contribution in [3.8, 4) is 0 Å². The van der Waals surface area contributed by atoms with Crippen LogP contribution in [0.5, 0.6) is 0 Å². The summed E-state index contributed by atoms with van der Waals surface area (Å²) >= 11 is 0. The number of rotatable bonds is 9. The van der Waals surface area contributed by atoms with Gasteiger partial charge in [-0.15, -0.1) is 0 Å². The molecule has 0 aliphatic heterocycles. The second kappa shape index (κ2) is 7.97. The van der Waals surface area contributed by atoms with Crippen LogP contribution in [0.1, 0.15) is 27.7 Å². The molecule has 17 heavy (non-hydrogen) atoms. The highest BCUT2D eigenvalue weighted by Gasteiger charge is 2.48. The lowest BCUT2D eigenvalue weighted by Crippen LogP contribution is -2.54. The van der Waals surface area contributed by atoms with E-state index in [0.717, 1.165) is 0 Å². The van der Waals surface area contributed by atoms with Crippen molar-refractivity contribution in [3.63, 3.8) is 0 Å². The van der Waals surface area contributed by atoms with Crippen LogP contribution < -0.4 is 0 Å². The third-order valence-corrected chi connectivity index (χ3v) is 2.57. The van der Waals surface area contributed by atoms with Gasteiger partial charge in [-0.2, -0.15) is 0 Å². The zero-order valence-electron chi connectivity index (χ0n) is 10.9. The van der Waals surface area contributed by atoms with Crippen LogP contribution in [0, 0.1) is 5.41 Å². The molecule has 0 amide bonds. The molecule has 0 rings (SSSR count). The molecule has 0 aliphatic carbocycles. The van der Waals surface area contributed by atoms with E-state index in [9.17, 15) is 15.3 Å². The summed E-state index contributed by atoms with van der Waals surface area (Å²) in [6.07, 6.45) is -4.18. The molecule has 0 aliphatic rings. The number of aliphatic hydroxyl groups is 3. The minimum absolute atomic E-state index is 0.244. The Kier molecular flexibility index (Phi) is 7.85. The topological polar surface area (TPSA) is 88.4 Å². The molecule has 3 unspecified atom stereocenters. The summed E-state index contributed by atoms with van der Waals surface area (Å²) in [6.45, 7) is 7.27. The Morgan fingerprint density at radius 1 is 0.765 bits per heavy atom. The highest BCUT2D eigenvalue weighted by Crippen LogP contribution is 2.33. The third kappa shape index (κ3) is 4.17. The molecule has 0 aromatic rings.